The van der Waals surface area contributed by atoms with Gasteiger partial charge in [-0.2, -0.15) is 0 Å². The lowest BCUT2D eigenvalue weighted by molar-refractivity contribution is -0.148. The zero-order valence-electron chi connectivity index (χ0n) is 9.97. The second-order valence-electron chi connectivity index (χ2n) is 4.29. The van der Waals surface area contributed by atoms with Crippen LogP contribution in [-0.2, 0) is 9.59 Å². The van der Waals surface area contributed by atoms with Crippen molar-refractivity contribution in [2.24, 2.45) is 0 Å². The minimum atomic E-state index is -0.241. The number of nitrogens with one attached hydrogen (secondary N) is 1. The lowest BCUT2D eigenvalue weighted by Crippen LogP contribution is -2.51. The number of rotatable bonds is 3. The van der Waals surface area contributed by atoms with E-state index in [9.17, 15) is 9.59 Å². The Morgan fingerprint density at radius 1 is 1.53 bits per heavy atom. The normalized spacial score (nSPS) is 22.9. The second-order valence-corrected chi connectivity index (χ2v) is 5.27. The van der Waals surface area contributed by atoms with Gasteiger partial charge in [0.1, 0.15) is 0 Å². The molecule has 5 heteroatoms. The summed E-state index contributed by atoms with van der Waals surface area (Å²) in [5.74, 6) is -0.207. The highest BCUT2D eigenvalue weighted by atomic mass is 32.1. The summed E-state index contributed by atoms with van der Waals surface area (Å²) in [6, 6.07) is 3.95. The van der Waals surface area contributed by atoms with Crippen LogP contribution in [0.15, 0.2) is 17.5 Å². The van der Waals surface area contributed by atoms with Crippen molar-refractivity contribution in [1.82, 2.24) is 10.2 Å². The van der Waals surface area contributed by atoms with Crippen molar-refractivity contribution in [3.05, 3.63) is 22.4 Å². The molecule has 4 nitrogen and oxygen atoms in total. The summed E-state index contributed by atoms with van der Waals surface area (Å²) >= 11 is 1.67. The molecule has 1 aliphatic heterocycles. The quantitative estimate of drug-likeness (QED) is 0.830. The van der Waals surface area contributed by atoms with Gasteiger partial charge in [0.15, 0.2) is 0 Å². The van der Waals surface area contributed by atoms with Gasteiger partial charge in [0.2, 0.25) is 11.8 Å². The third kappa shape index (κ3) is 2.56. The van der Waals surface area contributed by atoms with Crippen LogP contribution in [-0.4, -0.2) is 29.8 Å². The SMILES string of the molecule is CC(NC1CCC(=O)N(C)C1=O)c1cccs1. The molecule has 2 atom stereocenters. The Balaban J connectivity index is 2.00. The average molecular weight is 252 g/mol. The average Bonchev–Trinajstić information content (AvgIpc) is 2.83. The van der Waals surface area contributed by atoms with Crippen LogP contribution in [0.3, 0.4) is 0 Å². The molecule has 0 aliphatic carbocycles. The number of amides is 2. The molecule has 1 aromatic rings. The Morgan fingerprint density at radius 3 is 2.94 bits per heavy atom. The van der Waals surface area contributed by atoms with E-state index in [1.165, 1.54) is 9.78 Å². The topological polar surface area (TPSA) is 49.4 Å². The van der Waals surface area contributed by atoms with Crippen LogP contribution in [0.4, 0.5) is 0 Å². The summed E-state index contributed by atoms with van der Waals surface area (Å²) in [5.41, 5.74) is 0. The van der Waals surface area contributed by atoms with Gasteiger partial charge in [-0.05, 0) is 24.8 Å². The highest BCUT2D eigenvalue weighted by Gasteiger charge is 2.32. The summed E-state index contributed by atoms with van der Waals surface area (Å²) in [5, 5.41) is 5.31. The van der Waals surface area contributed by atoms with Crippen molar-refractivity contribution in [3.8, 4) is 0 Å². The molecule has 1 aromatic heterocycles. The van der Waals surface area contributed by atoms with Gasteiger partial charge in [-0.3, -0.25) is 19.8 Å². The van der Waals surface area contributed by atoms with E-state index < -0.39 is 0 Å². The summed E-state index contributed by atoms with van der Waals surface area (Å²) in [4.78, 5) is 25.7. The molecule has 0 spiro atoms. The molecule has 2 rings (SSSR count). The number of nitrogens with zero attached hydrogens (tertiary/aromatic N) is 1. The van der Waals surface area contributed by atoms with Gasteiger partial charge < -0.3 is 0 Å². The van der Waals surface area contributed by atoms with Crippen molar-refractivity contribution in [1.29, 1.82) is 0 Å². The summed E-state index contributed by atoms with van der Waals surface area (Å²) < 4.78 is 0. The zero-order chi connectivity index (χ0) is 12.4. The van der Waals surface area contributed by atoms with Gasteiger partial charge in [0, 0.05) is 24.4 Å². The number of piperidine rings is 1. The maximum atomic E-state index is 11.9. The van der Waals surface area contributed by atoms with E-state index in [0.29, 0.717) is 12.8 Å². The first-order valence-electron chi connectivity index (χ1n) is 5.69. The zero-order valence-corrected chi connectivity index (χ0v) is 10.8. The smallest absolute Gasteiger partial charge is 0.246 e. The molecular weight excluding hydrogens is 236 g/mol. The Kier molecular flexibility index (Phi) is 3.59. The molecule has 0 aromatic carbocycles. The van der Waals surface area contributed by atoms with Gasteiger partial charge in [-0.1, -0.05) is 6.07 Å². The standard InChI is InChI=1S/C12H16N2O2S/c1-8(10-4-3-7-17-10)13-9-5-6-11(15)14(2)12(9)16/h3-4,7-9,13H,5-6H2,1-2H3. The third-order valence-electron chi connectivity index (χ3n) is 3.07. The number of likely N-dealkylation sites (N-methyl/N-ethyl adjacent to an activating group) is 1. The summed E-state index contributed by atoms with van der Waals surface area (Å²) in [6.07, 6.45) is 1.04. The first kappa shape index (κ1) is 12.3. The lowest BCUT2D eigenvalue weighted by atomic mass is 10.0. The van der Waals surface area contributed by atoms with Gasteiger partial charge in [0.25, 0.3) is 0 Å². The Hall–Kier alpha value is -1.20. The molecule has 0 radical (unpaired) electrons. The van der Waals surface area contributed by atoms with Gasteiger partial charge in [-0.25, -0.2) is 0 Å². The van der Waals surface area contributed by atoms with Crippen LogP contribution in [0.2, 0.25) is 0 Å². The van der Waals surface area contributed by atoms with Crippen LogP contribution < -0.4 is 5.32 Å². The summed E-state index contributed by atoms with van der Waals surface area (Å²) in [6.45, 7) is 2.04. The van der Waals surface area contributed by atoms with E-state index in [4.69, 9.17) is 0 Å². The molecule has 92 valence electrons. The van der Waals surface area contributed by atoms with Gasteiger partial charge in [-0.15, -0.1) is 11.3 Å². The van der Waals surface area contributed by atoms with Crippen molar-refractivity contribution in [3.63, 3.8) is 0 Å². The molecule has 1 fully saturated rings. The largest absolute Gasteiger partial charge is 0.298 e. The fourth-order valence-electron chi connectivity index (χ4n) is 1.99. The van der Waals surface area contributed by atoms with Gasteiger partial charge in [0.05, 0.1) is 6.04 Å². The molecule has 1 N–H and O–H groups in total. The number of likely N-dealkylation sites (tertiary alicyclic amines) is 1. The van der Waals surface area contributed by atoms with E-state index in [2.05, 4.69) is 5.32 Å². The van der Waals surface area contributed by atoms with Crippen LogP contribution in [0.1, 0.15) is 30.7 Å². The highest BCUT2D eigenvalue weighted by molar-refractivity contribution is 7.10. The minimum Gasteiger partial charge on any atom is -0.298 e. The predicted molar refractivity (Wildman–Crippen MR) is 66.7 cm³/mol. The molecule has 1 saturated heterocycles. The molecule has 1 aliphatic rings. The number of hydrogen-bond acceptors (Lipinski definition) is 4. The molecule has 2 amide bonds. The molecule has 0 bridgehead atoms. The Bertz CT molecular complexity index is 416. The van der Waals surface area contributed by atoms with Crippen molar-refractivity contribution in [2.45, 2.75) is 31.8 Å². The predicted octanol–water partition coefficient (Wildman–Crippen LogP) is 1.55. The first-order chi connectivity index (χ1) is 8.09. The van der Waals surface area contributed by atoms with E-state index in [1.54, 1.807) is 18.4 Å². The van der Waals surface area contributed by atoms with Crippen molar-refractivity contribution in [2.75, 3.05) is 7.05 Å². The fraction of sp³-hybridized carbons (Fsp3) is 0.500. The summed E-state index contributed by atoms with van der Waals surface area (Å²) in [7, 11) is 1.55. The van der Waals surface area contributed by atoms with E-state index in [0.717, 1.165) is 0 Å². The number of imide groups is 1. The molecule has 2 heterocycles. The Morgan fingerprint density at radius 2 is 2.29 bits per heavy atom. The van der Waals surface area contributed by atoms with Crippen LogP contribution >= 0.6 is 11.3 Å². The van der Waals surface area contributed by atoms with Crippen molar-refractivity contribution < 1.29 is 9.59 Å². The van der Waals surface area contributed by atoms with Crippen LogP contribution in [0.25, 0.3) is 0 Å². The van der Waals surface area contributed by atoms with Gasteiger partial charge >= 0.3 is 0 Å². The molecule has 17 heavy (non-hydrogen) atoms. The van der Waals surface area contributed by atoms with E-state index >= 15 is 0 Å². The lowest BCUT2D eigenvalue weighted by Gasteiger charge is -2.30. The van der Waals surface area contributed by atoms with Crippen LogP contribution in [0.5, 0.6) is 0 Å². The molecule has 2 unspecified atom stereocenters. The fourth-order valence-corrected chi connectivity index (χ4v) is 2.74. The second kappa shape index (κ2) is 4.98. The molecule has 0 saturated carbocycles. The Labute approximate surface area is 105 Å². The minimum absolute atomic E-state index is 0.0863. The third-order valence-corrected chi connectivity index (χ3v) is 4.13. The van der Waals surface area contributed by atoms with E-state index in [-0.39, 0.29) is 23.9 Å². The maximum absolute atomic E-state index is 11.9. The number of thiophene rings is 1. The highest BCUT2D eigenvalue weighted by Crippen LogP contribution is 2.21. The van der Waals surface area contributed by atoms with Crippen LogP contribution in [0, 0.1) is 0 Å². The molecular formula is C12H16N2O2S. The number of carbonyl (C=O) groups is 2. The number of carbonyl (C=O) groups excluding carboxylic acids is 2. The van der Waals surface area contributed by atoms with Crippen molar-refractivity contribution >= 4 is 23.2 Å². The first-order valence-corrected chi connectivity index (χ1v) is 6.57. The number of hydrogen-bond donors (Lipinski definition) is 1. The monoisotopic (exact) mass is 252 g/mol. The maximum Gasteiger partial charge on any atom is 0.246 e. The van der Waals surface area contributed by atoms with E-state index in [1.807, 2.05) is 24.4 Å².